The Bertz CT molecular complexity index is 1190. The van der Waals surface area contributed by atoms with Gasteiger partial charge in [-0.05, 0) is 61.2 Å². The molecule has 4 rings (SSSR count). The van der Waals surface area contributed by atoms with E-state index < -0.39 is 11.8 Å². The second-order valence-electron chi connectivity index (χ2n) is 7.76. The minimum absolute atomic E-state index is 0.109. The van der Waals surface area contributed by atoms with Crippen molar-refractivity contribution in [2.75, 3.05) is 5.32 Å². The third-order valence-electron chi connectivity index (χ3n) is 5.31. The molecule has 1 aromatic carbocycles. The summed E-state index contributed by atoms with van der Waals surface area (Å²) < 4.78 is 5.75. The second kappa shape index (κ2) is 9.50. The number of hydrogen-bond acceptors (Lipinski definition) is 5. The number of carbonyl (C=O) groups excluding carboxylic acids is 2. The molecule has 0 spiro atoms. The molecule has 1 aliphatic rings. The zero-order chi connectivity index (χ0) is 22.7. The standard InChI is InChI=1S/C24H23N3O3S2/c1-14-7-10-17-19(13-14)32-23(21(17)22(25)29)27-24(31)26-20(28)12-9-16-8-11-18(30-16)15-5-3-2-4-6-15/h2-6,8-9,11-12,14H,7,10,13H2,1H3,(H2,25,29)(H2,26,27,28,31)/b12-9+/t14-/m0/s1. The number of nitrogens with two attached hydrogens (primary N) is 1. The lowest BCUT2D eigenvalue weighted by molar-refractivity contribution is -0.115. The highest BCUT2D eigenvalue weighted by Gasteiger charge is 2.26. The van der Waals surface area contributed by atoms with Gasteiger partial charge in [-0.3, -0.25) is 14.9 Å². The molecule has 2 amide bonds. The Hall–Kier alpha value is -3.23. The molecule has 0 bridgehead atoms. The van der Waals surface area contributed by atoms with Gasteiger partial charge >= 0.3 is 0 Å². The molecule has 4 N–H and O–H groups in total. The van der Waals surface area contributed by atoms with Crippen molar-refractivity contribution < 1.29 is 14.0 Å². The van der Waals surface area contributed by atoms with E-state index in [2.05, 4.69) is 17.6 Å². The Morgan fingerprint density at radius 2 is 2.00 bits per heavy atom. The summed E-state index contributed by atoms with van der Waals surface area (Å²) in [6, 6.07) is 13.3. The van der Waals surface area contributed by atoms with E-state index in [1.165, 1.54) is 17.4 Å². The van der Waals surface area contributed by atoms with Crippen molar-refractivity contribution in [3.05, 3.63) is 70.3 Å². The molecule has 1 atom stereocenters. The van der Waals surface area contributed by atoms with Crippen LogP contribution in [0.2, 0.25) is 0 Å². The van der Waals surface area contributed by atoms with Gasteiger partial charge in [0, 0.05) is 16.5 Å². The Labute approximate surface area is 195 Å². The number of thiocarbonyl (C=S) groups is 1. The number of benzene rings is 1. The van der Waals surface area contributed by atoms with Gasteiger partial charge in [0.1, 0.15) is 16.5 Å². The highest BCUT2D eigenvalue weighted by atomic mass is 32.1. The highest BCUT2D eigenvalue weighted by molar-refractivity contribution is 7.80. The number of thiophene rings is 1. The zero-order valence-corrected chi connectivity index (χ0v) is 19.1. The minimum atomic E-state index is -0.486. The Balaban J connectivity index is 1.39. The maximum absolute atomic E-state index is 12.3. The molecule has 0 aliphatic heterocycles. The molecule has 8 heteroatoms. The van der Waals surface area contributed by atoms with Crippen LogP contribution in [0.3, 0.4) is 0 Å². The van der Waals surface area contributed by atoms with Gasteiger partial charge in [0.05, 0.1) is 5.56 Å². The van der Waals surface area contributed by atoms with Crippen LogP contribution in [0, 0.1) is 5.92 Å². The molecule has 1 aliphatic carbocycles. The number of nitrogens with one attached hydrogen (secondary N) is 2. The number of primary amides is 1. The summed E-state index contributed by atoms with van der Waals surface area (Å²) in [4.78, 5) is 25.5. The summed E-state index contributed by atoms with van der Waals surface area (Å²) in [6.45, 7) is 2.19. The maximum Gasteiger partial charge on any atom is 0.251 e. The van der Waals surface area contributed by atoms with Crippen molar-refractivity contribution in [3.63, 3.8) is 0 Å². The first-order chi connectivity index (χ1) is 15.4. The highest BCUT2D eigenvalue weighted by Crippen LogP contribution is 2.39. The quantitative estimate of drug-likeness (QED) is 0.373. The summed E-state index contributed by atoms with van der Waals surface area (Å²) in [6.07, 6.45) is 5.68. The first-order valence-corrected chi connectivity index (χ1v) is 11.5. The van der Waals surface area contributed by atoms with Crippen molar-refractivity contribution in [2.45, 2.75) is 26.2 Å². The van der Waals surface area contributed by atoms with E-state index in [0.717, 1.165) is 41.0 Å². The van der Waals surface area contributed by atoms with Crippen molar-refractivity contribution in [1.82, 2.24) is 5.32 Å². The number of anilines is 1. The van der Waals surface area contributed by atoms with Crippen LogP contribution >= 0.6 is 23.6 Å². The number of amides is 2. The average Bonchev–Trinajstić information content (AvgIpc) is 3.36. The van der Waals surface area contributed by atoms with E-state index in [4.69, 9.17) is 22.4 Å². The normalized spacial score (nSPS) is 15.3. The number of rotatable bonds is 5. The van der Waals surface area contributed by atoms with Crippen LogP contribution < -0.4 is 16.4 Å². The third kappa shape index (κ3) is 4.98. The summed E-state index contributed by atoms with van der Waals surface area (Å²) >= 11 is 6.75. The molecule has 0 saturated carbocycles. The molecule has 0 unspecified atom stereocenters. The van der Waals surface area contributed by atoms with Gasteiger partial charge < -0.3 is 15.5 Å². The predicted molar refractivity (Wildman–Crippen MR) is 132 cm³/mol. The summed E-state index contributed by atoms with van der Waals surface area (Å²) in [5.41, 5.74) is 8.07. The van der Waals surface area contributed by atoms with Gasteiger partial charge in [-0.25, -0.2) is 0 Å². The fourth-order valence-electron chi connectivity index (χ4n) is 3.75. The Morgan fingerprint density at radius 1 is 1.22 bits per heavy atom. The average molecular weight is 466 g/mol. The molecule has 164 valence electrons. The van der Waals surface area contributed by atoms with E-state index in [9.17, 15) is 9.59 Å². The van der Waals surface area contributed by atoms with Gasteiger partial charge in [0.25, 0.3) is 5.91 Å². The van der Waals surface area contributed by atoms with Gasteiger partial charge in [0.2, 0.25) is 5.91 Å². The second-order valence-corrected chi connectivity index (χ2v) is 9.28. The number of hydrogen-bond donors (Lipinski definition) is 3. The van der Waals surface area contributed by atoms with Gasteiger partial charge in [-0.1, -0.05) is 37.3 Å². The topological polar surface area (TPSA) is 97.4 Å². The van der Waals surface area contributed by atoms with Crippen LogP contribution in [0.15, 0.2) is 53.0 Å². The maximum atomic E-state index is 12.3. The predicted octanol–water partition coefficient (Wildman–Crippen LogP) is 4.76. The van der Waals surface area contributed by atoms with Crippen LogP contribution in [-0.4, -0.2) is 16.9 Å². The summed E-state index contributed by atoms with van der Waals surface area (Å²) in [5.74, 6) is 0.943. The number of furan rings is 1. The fourth-order valence-corrected chi connectivity index (χ4v) is 5.43. The summed E-state index contributed by atoms with van der Waals surface area (Å²) in [7, 11) is 0. The SMILES string of the molecule is C[C@H]1CCc2c(sc(NC(=S)NC(=O)/C=C/c3ccc(-c4ccccc4)o3)c2C(N)=O)C1. The molecule has 0 fully saturated rings. The number of carbonyl (C=O) groups is 2. The zero-order valence-electron chi connectivity index (χ0n) is 17.5. The smallest absolute Gasteiger partial charge is 0.251 e. The van der Waals surface area contributed by atoms with Gasteiger partial charge in [-0.2, -0.15) is 0 Å². The van der Waals surface area contributed by atoms with E-state index in [1.54, 1.807) is 12.1 Å². The molecule has 3 aromatic rings. The van der Waals surface area contributed by atoms with E-state index in [0.29, 0.717) is 22.2 Å². The van der Waals surface area contributed by atoms with Crippen LogP contribution in [0.25, 0.3) is 17.4 Å². The molecule has 2 heterocycles. The van der Waals surface area contributed by atoms with E-state index in [-0.39, 0.29) is 5.11 Å². The van der Waals surface area contributed by atoms with Crippen molar-refractivity contribution in [2.24, 2.45) is 11.7 Å². The minimum Gasteiger partial charge on any atom is -0.457 e. The lowest BCUT2D eigenvalue weighted by Gasteiger charge is -2.18. The Morgan fingerprint density at radius 3 is 2.75 bits per heavy atom. The van der Waals surface area contributed by atoms with Crippen molar-refractivity contribution in [3.8, 4) is 11.3 Å². The van der Waals surface area contributed by atoms with Crippen molar-refractivity contribution in [1.29, 1.82) is 0 Å². The molecule has 6 nitrogen and oxygen atoms in total. The first kappa shape index (κ1) is 22.0. The van der Waals surface area contributed by atoms with Crippen LogP contribution in [-0.2, 0) is 17.6 Å². The molecule has 32 heavy (non-hydrogen) atoms. The van der Waals surface area contributed by atoms with Crippen LogP contribution in [0.4, 0.5) is 5.00 Å². The summed E-state index contributed by atoms with van der Waals surface area (Å²) in [5, 5.41) is 6.28. The van der Waals surface area contributed by atoms with Crippen LogP contribution in [0.5, 0.6) is 0 Å². The molecule has 2 aromatic heterocycles. The molecular weight excluding hydrogens is 442 g/mol. The van der Waals surface area contributed by atoms with Crippen LogP contribution in [0.1, 0.15) is 39.9 Å². The Kier molecular flexibility index (Phi) is 6.53. The lowest BCUT2D eigenvalue weighted by Crippen LogP contribution is -2.33. The molecule has 0 saturated heterocycles. The lowest BCUT2D eigenvalue weighted by atomic mass is 9.88. The molecule has 0 radical (unpaired) electrons. The monoisotopic (exact) mass is 465 g/mol. The van der Waals surface area contributed by atoms with Crippen molar-refractivity contribution >= 4 is 51.6 Å². The molecular formula is C24H23N3O3S2. The van der Waals surface area contributed by atoms with E-state index >= 15 is 0 Å². The van der Waals surface area contributed by atoms with Gasteiger partial charge in [0.15, 0.2) is 5.11 Å². The number of fused-ring (bicyclic) bond motifs is 1. The largest absolute Gasteiger partial charge is 0.457 e. The van der Waals surface area contributed by atoms with E-state index in [1.807, 2.05) is 36.4 Å². The third-order valence-corrected chi connectivity index (χ3v) is 6.68. The first-order valence-electron chi connectivity index (χ1n) is 10.3. The fraction of sp³-hybridized carbons (Fsp3) is 0.208. The van der Waals surface area contributed by atoms with Gasteiger partial charge in [-0.15, -0.1) is 11.3 Å².